The van der Waals surface area contributed by atoms with Gasteiger partial charge >= 0.3 is 0 Å². The molecule has 0 saturated carbocycles. The Hall–Kier alpha value is -2.21. The number of hydrogen-bond donors (Lipinski definition) is 0. The van der Waals surface area contributed by atoms with Crippen molar-refractivity contribution < 1.29 is 9.18 Å². The van der Waals surface area contributed by atoms with E-state index in [1.165, 1.54) is 17.7 Å². The van der Waals surface area contributed by atoms with Crippen molar-refractivity contribution in [2.75, 3.05) is 13.1 Å². The monoisotopic (exact) mass is 342 g/mol. The predicted molar refractivity (Wildman–Crippen MR) is 92.2 cm³/mol. The number of carbonyl (C=O) groups excluding carboxylic acids is 1. The quantitative estimate of drug-likeness (QED) is 0.853. The Morgan fingerprint density at radius 2 is 1.92 bits per heavy atom. The lowest BCUT2D eigenvalue weighted by molar-refractivity contribution is -0.131. The molecule has 0 aliphatic carbocycles. The van der Waals surface area contributed by atoms with E-state index in [2.05, 4.69) is 16.2 Å². The summed E-state index contributed by atoms with van der Waals surface area (Å²) < 4.78 is 14.8. The maximum absolute atomic E-state index is 13.0. The van der Waals surface area contributed by atoms with Crippen molar-refractivity contribution in [3.8, 4) is 0 Å². The number of likely N-dealkylation sites (tertiary alicyclic amines) is 2. The van der Waals surface area contributed by atoms with Crippen molar-refractivity contribution in [3.05, 3.63) is 53.6 Å². The minimum absolute atomic E-state index is 0.155. The first-order valence-corrected chi connectivity index (χ1v) is 8.85. The predicted octanol–water partition coefficient (Wildman–Crippen LogP) is 1.98. The molecule has 0 unspecified atom stereocenters. The van der Waals surface area contributed by atoms with E-state index in [0.29, 0.717) is 18.5 Å². The van der Waals surface area contributed by atoms with Gasteiger partial charge in [-0.2, -0.15) is 5.10 Å². The molecule has 0 radical (unpaired) electrons. The molecule has 2 saturated heterocycles. The van der Waals surface area contributed by atoms with Crippen molar-refractivity contribution in [2.24, 2.45) is 7.05 Å². The number of carbonyl (C=O) groups is 1. The van der Waals surface area contributed by atoms with Crippen LogP contribution < -0.4 is 0 Å². The van der Waals surface area contributed by atoms with Crippen LogP contribution in [0.1, 0.15) is 24.0 Å². The molecule has 3 heterocycles. The zero-order chi connectivity index (χ0) is 17.4. The number of rotatable bonds is 4. The van der Waals surface area contributed by atoms with Gasteiger partial charge in [0.15, 0.2) is 0 Å². The highest BCUT2D eigenvalue weighted by Gasteiger charge is 2.43. The van der Waals surface area contributed by atoms with Crippen LogP contribution in [0.2, 0.25) is 0 Å². The number of amides is 1. The summed E-state index contributed by atoms with van der Waals surface area (Å²) in [4.78, 5) is 17.2. The van der Waals surface area contributed by atoms with E-state index in [9.17, 15) is 9.18 Å². The van der Waals surface area contributed by atoms with Gasteiger partial charge in [0.2, 0.25) is 5.91 Å². The Labute approximate surface area is 147 Å². The second-order valence-electron chi connectivity index (χ2n) is 7.10. The lowest BCUT2D eigenvalue weighted by Crippen LogP contribution is -2.40. The van der Waals surface area contributed by atoms with E-state index in [1.807, 2.05) is 22.8 Å². The molecule has 25 heavy (non-hydrogen) atoms. The van der Waals surface area contributed by atoms with E-state index in [1.54, 1.807) is 12.1 Å². The molecule has 4 rings (SSSR count). The summed E-state index contributed by atoms with van der Waals surface area (Å²) >= 11 is 0. The first-order valence-electron chi connectivity index (χ1n) is 8.85. The fourth-order valence-electron chi connectivity index (χ4n) is 4.25. The maximum atomic E-state index is 13.0. The molecule has 2 atom stereocenters. The highest BCUT2D eigenvalue weighted by atomic mass is 19.1. The average Bonchev–Trinajstić information content (AvgIpc) is 3.28. The highest BCUT2D eigenvalue weighted by Crippen LogP contribution is 2.33. The van der Waals surface area contributed by atoms with E-state index in [-0.39, 0.29) is 11.7 Å². The number of fused-ring (bicyclic) bond motifs is 1. The normalized spacial score (nSPS) is 23.2. The van der Waals surface area contributed by atoms with Crippen LogP contribution in [0.5, 0.6) is 0 Å². The smallest absolute Gasteiger partial charge is 0.227 e. The fourth-order valence-corrected chi connectivity index (χ4v) is 4.25. The Morgan fingerprint density at radius 1 is 1.16 bits per heavy atom. The van der Waals surface area contributed by atoms with Crippen LogP contribution in [0, 0.1) is 5.82 Å². The van der Waals surface area contributed by atoms with Gasteiger partial charge in [-0.1, -0.05) is 12.1 Å². The van der Waals surface area contributed by atoms with Crippen LogP contribution in [-0.2, 0) is 24.8 Å². The van der Waals surface area contributed by atoms with Crippen LogP contribution in [0.25, 0.3) is 0 Å². The fraction of sp³-hybridized carbons (Fsp3) is 0.474. The molecule has 0 spiro atoms. The summed E-state index contributed by atoms with van der Waals surface area (Å²) in [6.07, 6.45) is 6.38. The molecule has 5 nitrogen and oxygen atoms in total. The van der Waals surface area contributed by atoms with Gasteiger partial charge in [0.25, 0.3) is 0 Å². The van der Waals surface area contributed by atoms with Crippen molar-refractivity contribution in [3.63, 3.8) is 0 Å². The van der Waals surface area contributed by atoms with Gasteiger partial charge in [-0.15, -0.1) is 0 Å². The van der Waals surface area contributed by atoms with Gasteiger partial charge in [-0.05, 0) is 30.5 Å². The second kappa shape index (κ2) is 6.59. The summed E-state index contributed by atoms with van der Waals surface area (Å²) in [6, 6.07) is 6.98. The van der Waals surface area contributed by atoms with Gasteiger partial charge in [0.1, 0.15) is 5.82 Å². The molecule has 132 valence electrons. The first kappa shape index (κ1) is 16.3. The van der Waals surface area contributed by atoms with Gasteiger partial charge < -0.3 is 4.90 Å². The van der Waals surface area contributed by atoms with Crippen molar-refractivity contribution in [1.82, 2.24) is 19.6 Å². The molecular weight excluding hydrogens is 319 g/mol. The molecule has 2 aliphatic heterocycles. The Morgan fingerprint density at radius 3 is 2.64 bits per heavy atom. The summed E-state index contributed by atoms with van der Waals surface area (Å²) in [7, 11) is 1.93. The SMILES string of the molecule is Cn1cc(CN2CC[C@H]3[C@@H]2CCN3C(=O)Cc2ccc(F)cc2)cn1. The highest BCUT2D eigenvalue weighted by molar-refractivity contribution is 5.79. The van der Waals surface area contributed by atoms with Crippen molar-refractivity contribution in [1.29, 1.82) is 0 Å². The lowest BCUT2D eigenvalue weighted by atomic mass is 10.1. The lowest BCUT2D eigenvalue weighted by Gasteiger charge is -2.25. The van der Waals surface area contributed by atoms with Crippen LogP contribution in [0.15, 0.2) is 36.7 Å². The molecule has 6 heteroatoms. The van der Waals surface area contributed by atoms with Crippen LogP contribution in [0.4, 0.5) is 4.39 Å². The zero-order valence-corrected chi connectivity index (χ0v) is 14.4. The summed E-state index contributed by atoms with van der Waals surface area (Å²) in [5.74, 6) is -0.110. The third kappa shape index (κ3) is 3.31. The number of aromatic nitrogens is 2. The molecule has 1 amide bonds. The largest absolute Gasteiger partial charge is 0.338 e. The van der Waals surface area contributed by atoms with Crippen molar-refractivity contribution in [2.45, 2.75) is 37.9 Å². The molecule has 2 aliphatic rings. The molecule has 0 bridgehead atoms. The van der Waals surface area contributed by atoms with E-state index in [4.69, 9.17) is 0 Å². The Kier molecular flexibility index (Phi) is 4.29. The van der Waals surface area contributed by atoms with Gasteiger partial charge in [-0.3, -0.25) is 14.4 Å². The standard InChI is InChI=1S/C19H23FN4O/c1-22-12-15(11-21-22)13-23-8-6-18-17(23)7-9-24(18)19(25)10-14-2-4-16(20)5-3-14/h2-5,11-12,17-18H,6-10,13H2,1H3/t17-,18-/m0/s1. The van der Waals surface area contributed by atoms with Gasteiger partial charge in [-0.25, -0.2) is 4.39 Å². The molecule has 0 N–H and O–H groups in total. The molecule has 1 aromatic heterocycles. The number of hydrogen-bond acceptors (Lipinski definition) is 3. The molecule has 2 aromatic rings. The summed E-state index contributed by atoms with van der Waals surface area (Å²) in [5, 5.41) is 4.24. The number of nitrogens with zero attached hydrogens (tertiary/aromatic N) is 4. The van der Waals surface area contributed by atoms with Gasteiger partial charge in [0, 0.05) is 50.5 Å². The third-order valence-electron chi connectivity index (χ3n) is 5.42. The van der Waals surface area contributed by atoms with E-state index < -0.39 is 0 Å². The maximum Gasteiger partial charge on any atom is 0.227 e. The van der Waals surface area contributed by atoms with Crippen LogP contribution in [0.3, 0.4) is 0 Å². The molecule has 1 aromatic carbocycles. The minimum Gasteiger partial charge on any atom is -0.338 e. The number of aryl methyl sites for hydroxylation is 1. The Bertz CT molecular complexity index is 757. The molecule has 2 fully saturated rings. The Balaban J connectivity index is 1.39. The average molecular weight is 342 g/mol. The minimum atomic E-state index is -0.265. The van der Waals surface area contributed by atoms with E-state index in [0.717, 1.165) is 38.0 Å². The van der Waals surface area contributed by atoms with E-state index >= 15 is 0 Å². The molecular formula is C19H23FN4O. The van der Waals surface area contributed by atoms with Crippen LogP contribution in [-0.4, -0.2) is 50.7 Å². The summed E-state index contributed by atoms with van der Waals surface area (Å²) in [6.45, 7) is 2.73. The number of benzene rings is 1. The zero-order valence-electron chi connectivity index (χ0n) is 14.4. The van der Waals surface area contributed by atoms with Crippen LogP contribution >= 0.6 is 0 Å². The third-order valence-corrected chi connectivity index (χ3v) is 5.42. The second-order valence-corrected chi connectivity index (χ2v) is 7.10. The van der Waals surface area contributed by atoms with Crippen molar-refractivity contribution >= 4 is 5.91 Å². The van der Waals surface area contributed by atoms with Gasteiger partial charge in [0.05, 0.1) is 12.6 Å². The number of halogens is 1. The first-order chi connectivity index (χ1) is 12.1. The summed E-state index contributed by atoms with van der Waals surface area (Å²) in [5.41, 5.74) is 2.10. The topological polar surface area (TPSA) is 41.4 Å².